The average molecular weight is 449 g/mol. The van der Waals surface area contributed by atoms with Crippen molar-refractivity contribution in [1.82, 2.24) is 4.98 Å². The number of carbonyl (C=O) groups excluding carboxylic acids is 2. The number of ketones is 1. The summed E-state index contributed by atoms with van der Waals surface area (Å²) >= 11 is 1.04. The predicted octanol–water partition coefficient (Wildman–Crippen LogP) is 4.43. The van der Waals surface area contributed by atoms with Crippen molar-refractivity contribution >= 4 is 33.8 Å². The second-order valence-corrected chi connectivity index (χ2v) is 7.55. The van der Waals surface area contributed by atoms with Gasteiger partial charge in [-0.25, -0.2) is 9.37 Å². The molecule has 0 aliphatic heterocycles. The fraction of sp³-hybridized carbons (Fsp3) is 0.190. The SMILES string of the molecule is Cc1nc(N(c2ccc(F)cc2)[C@H](C)C(N)=O)sc1C(=O)c1ccc(OC(F)F)cc1. The molecule has 0 unspecified atom stereocenters. The molecule has 0 saturated carbocycles. The lowest BCUT2D eigenvalue weighted by Crippen LogP contribution is -2.39. The van der Waals surface area contributed by atoms with E-state index < -0.39 is 24.4 Å². The number of aromatic nitrogens is 1. The van der Waals surface area contributed by atoms with E-state index in [1.54, 1.807) is 13.8 Å². The zero-order valence-corrected chi connectivity index (χ0v) is 17.3. The van der Waals surface area contributed by atoms with Crippen LogP contribution in [0.25, 0.3) is 0 Å². The lowest BCUT2D eigenvalue weighted by atomic mass is 10.1. The minimum atomic E-state index is -2.96. The molecule has 3 aromatic rings. The number of halogens is 3. The fourth-order valence-electron chi connectivity index (χ4n) is 2.84. The number of ether oxygens (including phenoxy) is 1. The van der Waals surface area contributed by atoms with Gasteiger partial charge in [0.25, 0.3) is 0 Å². The topological polar surface area (TPSA) is 85.5 Å². The number of thiazole rings is 1. The highest BCUT2D eigenvalue weighted by atomic mass is 32.1. The highest BCUT2D eigenvalue weighted by Gasteiger charge is 2.27. The Morgan fingerprint density at radius 2 is 1.71 bits per heavy atom. The number of hydrogen-bond donors (Lipinski definition) is 1. The Bertz CT molecular complexity index is 1090. The Morgan fingerprint density at radius 3 is 2.26 bits per heavy atom. The molecular weight excluding hydrogens is 431 g/mol. The zero-order chi connectivity index (χ0) is 22.7. The van der Waals surface area contributed by atoms with E-state index in [4.69, 9.17) is 5.73 Å². The molecule has 1 amide bonds. The van der Waals surface area contributed by atoms with Gasteiger partial charge >= 0.3 is 6.61 Å². The number of anilines is 2. The van der Waals surface area contributed by atoms with E-state index in [1.165, 1.54) is 53.4 Å². The minimum Gasteiger partial charge on any atom is -0.435 e. The van der Waals surface area contributed by atoms with Crippen LogP contribution in [0.2, 0.25) is 0 Å². The summed E-state index contributed by atoms with van der Waals surface area (Å²) < 4.78 is 42.3. The maximum Gasteiger partial charge on any atom is 0.387 e. The molecule has 1 aromatic heterocycles. The average Bonchev–Trinajstić information content (AvgIpc) is 3.10. The molecule has 31 heavy (non-hydrogen) atoms. The molecule has 0 fully saturated rings. The molecular formula is C21H18F3N3O3S. The molecule has 0 aliphatic carbocycles. The van der Waals surface area contributed by atoms with E-state index in [0.29, 0.717) is 21.4 Å². The van der Waals surface area contributed by atoms with Crippen molar-refractivity contribution in [3.05, 3.63) is 70.5 Å². The van der Waals surface area contributed by atoms with Crippen molar-refractivity contribution in [3.8, 4) is 5.75 Å². The first-order chi connectivity index (χ1) is 14.7. The van der Waals surface area contributed by atoms with Crippen LogP contribution in [0.15, 0.2) is 48.5 Å². The maximum absolute atomic E-state index is 13.4. The minimum absolute atomic E-state index is 0.0639. The molecule has 0 saturated heterocycles. The third kappa shape index (κ3) is 5.02. The number of primary amides is 1. The van der Waals surface area contributed by atoms with Gasteiger partial charge in [-0.05, 0) is 62.4 Å². The summed E-state index contributed by atoms with van der Waals surface area (Å²) in [6, 6.07) is 9.93. The Morgan fingerprint density at radius 1 is 1.10 bits per heavy atom. The Balaban J connectivity index is 1.95. The third-order valence-corrected chi connectivity index (χ3v) is 5.60. The summed E-state index contributed by atoms with van der Waals surface area (Å²) in [5, 5.41) is 0.330. The molecule has 2 N–H and O–H groups in total. The van der Waals surface area contributed by atoms with E-state index in [2.05, 4.69) is 9.72 Å². The Kier molecular flexibility index (Phi) is 6.59. The van der Waals surface area contributed by atoms with Crippen molar-refractivity contribution in [2.24, 2.45) is 5.73 Å². The molecule has 6 nitrogen and oxygen atoms in total. The van der Waals surface area contributed by atoms with Crippen molar-refractivity contribution in [2.45, 2.75) is 26.5 Å². The summed E-state index contributed by atoms with van der Waals surface area (Å²) in [5.41, 5.74) is 6.63. The van der Waals surface area contributed by atoms with Gasteiger partial charge < -0.3 is 15.4 Å². The van der Waals surface area contributed by atoms with E-state index in [9.17, 15) is 22.8 Å². The number of hydrogen-bond acceptors (Lipinski definition) is 6. The smallest absolute Gasteiger partial charge is 0.387 e. The van der Waals surface area contributed by atoms with Crippen molar-refractivity contribution < 1.29 is 27.5 Å². The highest BCUT2D eigenvalue weighted by molar-refractivity contribution is 7.18. The number of benzene rings is 2. The molecule has 0 spiro atoms. The molecule has 0 radical (unpaired) electrons. The maximum atomic E-state index is 13.4. The molecule has 1 atom stereocenters. The van der Waals surface area contributed by atoms with Crippen LogP contribution in [-0.2, 0) is 4.79 Å². The van der Waals surface area contributed by atoms with Crippen LogP contribution in [0.5, 0.6) is 5.75 Å². The van der Waals surface area contributed by atoms with Gasteiger partial charge in [-0.1, -0.05) is 11.3 Å². The lowest BCUT2D eigenvalue weighted by molar-refractivity contribution is -0.118. The van der Waals surface area contributed by atoms with E-state index in [-0.39, 0.29) is 17.1 Å². The van der Waals surface area contributed by atoms with Crippen molar-refractivity contribution in [3.63, 3.8) is 0 Å². The normalized spacial score (nSPS) is 11.9. The van der Waals surface area contributed by atoms with Gasteiger partial charge in [0.15, 0.2) is 5.13 Å². The van der Waals surface area contributed by atoms with Crippen LogP contribution in [0.4, 0.5) is 24.0 Å². The first-order valence-corrected chi connectivity index (χ1v) is 9.90. The first kappa shape index (κ1) is 22.3. The monoisotopic (exact) mass is 449 g/mol. The number of rotatable bonds is 8. The number of alkyl halides is 2. The summed E-state index contributed by atoms with van der Waals surface area (Å²) in [6.07, 6.45) is 0. The van der Waals surface area contributed by atoms with E-state index in [1.807, 2.05) is 0 Å². The molecule has 10 heteroatoms. The number of aryl methyl sites for hydroxylation is 1. The van der Waals surface area contributed by atoms with Crippen LogP contribution in [0.1, 0.15) is 27.9 Å². The summed E-state index contributed by atoms with van der Waals surface area (Å²) in [5.74, 6) is -1.50. The van der Waals surface area contributed by atoms with Gasteiger partial charge in [-0.3, -0.25) is 9.59 Å². The fourth-order valence-corrected chi connectivity index (χ4v) is 3.97. The summed E-state index contributed by atoms with van der Waals surface area (Å²) in [4.78, 5) is 31.0. The van der Waals surface area contributed by atoms with Gasteiger partial charge in [-0.15, -0.1) is 0 Å². The summed E-state index contributed by atoms with van der Waals surface area (Å²) in [6.45, 7) is 0.253. The second-order valence-electron chi connectivity index (χ2n) is 6.57. The number of nitrogens with zero attached hydrogens (tertiary/aromatic N) is 2. The number of amides is 1. The molecule has 0 bridgehead atoms. The molecule has 162 valence electrons. The number of carbonyl (C=O) groups is 2. The third-order valence-electron chi connectivity index (χ3n) is 4.44. The number of nitrogens with two attached hydrogens (primary N) is 1. The van der Waals surface area contributed by atoms with Crippen molar-refractivity contribution in [2.75, 3.05) is 4.90 Å². The predicted molar refractivity (Wildman–Crippen MR) is 111 cm³/mol. The molecule has 0 aliphatic rings. The molecule has 2 aromatic carbocycles. The summed E-state index contributed by atoms with van der Waals surface area (Å²) in [7, 11) is 0. The van der Waals surface area contributed by atoms with Crippen LogP contribution in [0, 0.1) is 12.7 Å². The Labute approximate surface area is 180 Å². The quantitative estimate of drug-likeness (QED) is 0.514. The zero-order valence-electron chi connectivity index (χ0n) is 16.5. The molecule has 3 rings (SSSR count). The van der Waals surface area contributed by atoms with Gasteiger partial charge in [0.1, 0.15) is 17.6 Å². The van der Waals surface area contributed by atoms with E-state index in [0.717, 1.165) is 11.3 Å². The Hall–Kier alpha value is -3.40. The largest absolute Gasteiger partial charge is 0.435 e. The van der Waals surface area contributed by atoms with Crippen LogP contribution in [0.3, 0.4) is 0 Å². The van der Waals surface area contributed by atoms with E-state index >= 15 is 0 Å². The first-order valence-electron chi connectivity index (χ1n) is 9.08. The van der Waals surface area contributed by atoms with Crippen molar-refractivity contribution in [1.29, 1.82) is 0 Å². The van der Waals surface area contributed by atoms with Crippen LogP contribution < -0.4 is 15.4 Å². The highest BCUT2D eigenvalue weighted by Crippen LogP contribution is 2.34. The van der Waals surface area contributed by atoms with Gasteiger partial charge in [-0.2, -0.15) is 8.78 Å². The van der Waals surface area contributed by atoms with Gasteiger partial charge in [0.05, 0.1) is 10.6 Å². The second kappa shape index (κ2) is 9.17. The van der Waals surface area contributed by atoms with Crippen LogP contribution in [-0.4, -0.2) is 29.3 Å². The van der Waals surface area contributed by atoms with Crippen LogP contribution >= 0.6 is 11.3 Å². The molecule has 1 heterocycles. The standard InChI is InChI=1S/C21H18F3N3O3S/c1-11-18(17(28)13-3-9-16(10-4-13)30-20(23)24)31-21(26-11)27(12(2)19(25)29)15-7-5-14(22)6-8-15/h3-10,12,20H,1-2H3,(H2,25,29)/t12-/m1/s1. The van der Waals surface area contributed by atoms with Gasteiger partial charge in [0, 0.05) is 11.3 Å². The lowest BCUT2D eigenvalue weighted by Gasteiger charge is -2.26. The van der Waals surface area contributed by atoms with Gasteiger partial charge in [0.2, 0.25) is 11.7 Å².